The van der Waals surface area contributed by atoms with Crippen LogP contribution in [-0.4, -0.2) is 17.0 Å². The highest BCUT2D eigenvalue weighted by molar-refractivity contribution is 7.16. The minimum atomic E-state index is -0.992. The number of carboxylic acids is 1. The van der Waals surface area contributed by atoms with Gasteiger partial charge in [0.1, 0.15) is 5.00 Å². The van der Waals surface area contributed by atoms with Gasteiger partial charge in [0.15, 0.2) is 0 Å². The highest BCUT2D eigenvalue weighted by atomic mass is 32.1. The third kappa shape index (κ3) is 2.09. The Kier molecular flexibility index (Phi) is 2.96. The molecular weight excluding hydrogens is 226 g/mol. The van der Waals surface area contributed by atoms with Crippen molar-refractivity contribution in [2.45, 2.75) is 26.2 Å². The molecule has 1 heterocycles. The predicted molar refractivity (Wildman–Crippen MR) is 62.0 cm³/mol. The van der Waals surface area contributed by atoms with Crippen LogP contribution in [0.5, 0.6) is 0 Å². The zero-order valence-electron chi connectivity index (χ0n) is 8.95. The average molecular weight is 239 g/mol. The van der Waals surface area contributed by atoms with Crippen molar-refractivity contribution in [1.82, 2.24) is 0 Å². The van der Waals surface area contributed by atoms with Gasteiger partial charge in [-0.15, -0.1) is 11.3 Å². The first-order valence-electron chi connectivity index (χ1n) is 5.22. The van der Waals surface area contributed by atoms with Gasteiger partial charge >= 0.3 is 5.97 Å². The van der Waals surface area contributed by atoms with Crippen molar-refractivity contribution < 1.29 is 14.7 Å². The topological polar surface area (TPSA) is 66.4 Å². The maximum absolute atomic E-state index is 11.7. The smallest absolute Gasteiger partial charge is 0.338 e. The van der Waals surface area contributed by atoms with Crippen molar-refractivity contribution >= 4 is 28.2 Å². The van der Waals surface area contributed by atoms with Crippen molar-refractivity contribution in [1.29, 1.82) is 0 Å². The number of hydrogen-bond acceptors (Lipinski definition) is 3. The number of hydrogen-bond donors (Lipinski definition) is 2. The van der Waals surface area contributed by atoms with Crippen molar-refractivity contribution in [2.75, 3.05) is 5.32 Å². The summed E-state index contributed by atoms with van der Waals surface area (Å²) in [6, 6.07) is 1.59. The number of amides is 1. The van der Waals surface area contributed by atoms with E-state index in [9.17, 15) is 9.59 Å². The van der Waals surface area contributed by atoms with E-state index in [2.05, 4.69) is 5.32 Å². The first-order valence-corrected chi connectivity index (χ1v) is 6.04. The molecule has 1 aromatic rings. The van der Waals surface area contributed by atoms with Gasteiger partial charge in [-0.05, 0) is 25.8 Å². The molecule has 1 fully saturated rings. The maximum Gasteiger partial charge on any atom is 0.338 e. The van der Waals surface area contributed by atoms with Gasteiger partial charge in [-0.2, -0.15) is 0 Å². The third-order valence-electron chi connectivity index (χ3n) is 2.80. The number of carbonyl (C=O) groups is 2. The Hall–Kier alpha value is -1.36. The summed E-state index contributed by atoms with van der Waals surface area (Å²) >= 11 is 1.31. The molecule has 86 valence electrons. The van der Waals surface area contributed by atoms with E-state index in [0.717, 1.165) is 24.1 Å². The zero-order valence-corrected chi connectivity index (χ0v) is 9.76. The SMILES string of the molecule is Cc1cc(C(=O)O)c(NC(=O)C2CCC2)s1. The van der Waals surface area contributed by atoms with Crippen LogP contribution in [0.3, 0.4) is 0 Å². The quantitative estimate of drug-likeness (QED) is 0.851. The lowest BCUT2D eigenvalue weighted by molar-refractivity contribution is -0.122. The standard InChI is InChI=1S/C11H13NO3S/c1-6-5-8(11(14)15)10(16-6)12-9(13)7-3-2-4-7/h5,7H,2-4H2,1H3,(H,12,13)(H,14,15). The molecule has 5 heteroatoms. The number of carboxylic acid groups (broad SMARTS) is 1. The summed E-state index contributed by atoms with van der Waals surface area (Å²) in [5, 5.41) is 12.1. The number of aryl methyl sites for hydroxylation is 1. The lowest BCUT2D eigenvalue weighted by Gasteiger charge is -2.23. The molecule has 1 aromatic heterocycles. The molecule has 1 aliphatic rings. The molecule has 1 saturated carbocycles. The van der Waals surface area contributed by atoms with Gasteiger partial charge in [0, 0.05) is 10.8 Å². The fourth-order valence-electron chi connectivity index (χ4n) is 1.65. The summed E-state index contributed by atoms with van der Waals surface area (Å²) < 4.78 is 0. The third-order valence-corrected chi connectivity index (χ3v) is 3.76. The largest absolute Gasteiger partial charge is 0.478 e. The lowest BCUT2D eigenvalue weighted by Crippen LogP contribution is -2.28. The van der Waals surface area contributed by atoms with Crippen LogP contribution in [0.1, 0.15) is 34.5 Å². The number of nitrogens with one attached hydrogen (secondary N) is 1. The summed E-state index contributed by atoms with van der Waals surface area (Å²) in [4.78, 5) is 23.5. The van der Waals surface area contributed by atoms with E-state index >= 15 is 0 Å². The second kappa shape index (κ2) is 4.25. The fourth-order valence-corrected chi connectivity index (χ4v) is 2.56. The van der Waals surface area contributed by atoms with E-state index < -0.39 is 5.97 Å². The molecule has 0 aliphatic heterocycles. The van der Waals surface area contributed by atoms with Crippen molar-refractivity contribution in [2.24, 2.45) is 5.92 Å². The Morgan fingerprint density at radius 2 is 2.19 bits per heavy atom. The Morgan fingerprint density at radius 3 is 2.69 bits per heavy atom. The Balaban J connectivity index is 2.13. The van der Waals surface area contributed by atoms with Gasteiger partial charge in [-0.25, -0.2) is 4.79 Å². The van der Waals surface area contributed by atoms with Crippen LogP contribution in [0.15, 0.2) is 6.07 Å². The van der Waals surface area contributed by atoms with Crippen molar-refractivity contribution in [3.05, 3.63) is 16.5 Å². The molecule has 2 rings (SSSR count). The number of aromatic carboxylic acids is 1. The molecule has 0 spiro atoms. The van der Waals surface area contributed by atoms with E-state index in [0.29, 0.717) is 5.00 Å². The zero-order chi connectivity index (χ0) is 11.7. The number of thiophene rings is 1. The van der Waals surface area contributed by atoms with E-state index in [-0.39, 0.29) is 17.4 Å². The van der Waals surface area contributed by atoms with E-state index in [4.69, 9.17) is 5.11 Å². The summed E-state index contributed by atoms with van der Waals surface area (Å²) in [5.74, 6) is -0.965. The summed E-state index contributed by atoms with van der Waals surface area (Å²) in [5.41, 5.74) is 0.190. The average Bonchev–Trinajstić information content (AvgIpc) is 2.43. The number of rotatable bonds is 3. The van der Waals surface area contributed by atoms with Crippen LogP contribution in [0.25, 0.3) is 0 Å². The molecule has 2 N–H and O–H groups in total. The maximum atomic E-state index is 11.7. The minimum absolute atomic E-state index is 0.0457. The summed E-state index contributed by atoms with van der Waals surface area (Å²) in [6.07, 6.45) is 2.92. The van der Waals surface area contributed by atoms with Gasteiger partial charge in [-0.3, -0.25) is 4.79 Å². The fraction of sp³-hybridized carbons (Fsp3) is 0.455. The van der Waals surface area contributed by atoms with Gasteiger partial charge in [0.25, 0.3) is 0 Å². The van der Waals surface area contributed by atoms with Crippen molar-refractivity contribution in [3.63, 3.8) is 0 Å². The Morgan fingerprint density at radius 1 is 1.50 bits per heavy atom. The molecule has 0 radical (unpaired) electrons. The van der Waals surface area contributed by atoms with Gasteiger partial charge in [0.05, 0.1) is 5.56 Å². The molecule has 0 aromatic carbocycles. The van der Waals surface area contributed by atoms with Crippen LogP contribution < -0.4 is 5.32 Å². The number of anilines is 1. The predicted octanol–water partition coefficient (Wildman–Crippen LogP) is 2.49. The first-order chi connectivity index (χ1) is 7.58. The van der Waals surface area contributed by atoms with Crippen LogP contribution in [-0.2, 0) is 4.79 Å². The van der Waals surface area contributed by atoms with E-state index in [1.807, 2.05) is 6.92 Å². The lowest BCUT2D eigenvalue weighted by atomic mass is 9.85. The van der Waals surface area contributed by atoms with Crippen LogP contribution in [0, 0.1) is 12.8 Å². The molecule has 4 nitrogen and oxygen atoms in total. The van der Waals surface area contributed by atoms with Crippen molar-refractivity contribution in [3.8, 4) is 0 Å². The van der Waals surface area contributed by atoms with Gasteiger partial charge in [-0.1, -0.05) is 6.42 Å². The Bertz CT molecular complexity index is 434. The minimum Gasteiger partial charge on any atom is -0.478 e. The molecule has 0 atom stereocenters. The first kappa shape index (κ1) is 11.1. The number of carbonyl (C=O) groups excluding carboxylic acids is 1. The normalized spacial score (nSPS) is 15.6. The second-order valence-corrected chi connectivity index (χ2v) is 5.28. The molecule has 0 saturated heterocycles. The summed E-state index contributed by atoms with van der Waals surface area (Å²) in [7, 11) is 0. The molecule has 0 bridgehead atoms. The van der Waals surface area contributed by atoms with Crippen LogP contribution in [0.4, 0.5) is 5.00 Å². The molecule has 1 aliphatic carbocycles. The second-order valence-electron chi connectivity index (χ2n) is 4.02. The summed E-state index contributed by atoms with van der Waals surface area (Å²) in [6.45, 7) is 1.83. The Labute approximate surface area is 97.3 Å². The highest BCUT2D eigenvalue weighted by Crippen LogP contribution is 2.31. The van der Waals surface area contributed by atoms with Gasteiger partial charge in [0.2, 0.25) is 5.91 Å². The monoisotopic (exact) mass is 239 g/mol. The van der Waals surface area contributed by atoms with E-state index in [1.54, 1.807) is 6.07 Å². The molecule has 16 heavy (non-hydrogen) atoms. The molecular formula is C11H13NO3S. The molecule has 1 amide bonds. The van der Waals surface area contributed by atoms with Crippen LogP contribution >= 0.6 is 11.3 Å². The van der Waals surface area contributed by atoms with Gasteiger partial charge < -0.3 is 10.4 Å². The van der Waals surface area contributed by atoms with Crippen LogP contribution in [0.2, 0.25) is 0 Å². The highest BCUT2D eigenvalue weighted by Gasteiger charge is 2.26. The molecule has 0 unspecified atom stereocenters. The van der Waals surface area contributed by atoms with E-state index in [1.165, 1.54) is 11.3 Å².